The molecular formula is C11H21N. The molecule has 0 heterocycles. The zero-order valence-electron chi connectivity index (χ0n) is 8.67. The lowest BCUT2D eigenvalue weighted by Crippen LogP contribution is -2.18. The molecule has 0 aromatic carbocycles. The van der Waals surface area contributed by atoms with Crippen molar-refractivity contribution < 1.29 is 0 Å². The largest absolute Gasteiger partial charge is 0.314 e. The zero-order chi connectivity index (χ0) is 9.40. The van der Waals surface area contributed by atoms with Gasteiger partial charge in [0.05, 0.1) is 0 Å². The van der Waals surface area contributed by atoms with E-state index in [1.165, 1.54) is 0 Å². The molecule has 12 heavy (non-hydrogen) atoms. The fraction of sp³-hybridized carbons (Fsp3) is 0.636. The molecule has 0 aromatic heterocycles. The Morgan fingerprint density at radius 2 is 1.83 bits per heavy atom. The third kappa shape index (κ3) is 6.17. The summed E-state index contributed by atoms with van der Waals surface area (Å²) in [6.07, 6.45) is 10.00. The number of likely N-dealkylation sites (N-methyl/N-ethyl adjacent to an activating group) is 1. The highest BCUT2D eigenvalue weighted by molar-refractivity contribution is 5.01. The molecule has 0 bridgehead atoms. The van der Waals surface area contributed by atoms with Gasteiger partial charge in [-0.05, 0) is 26.3 Å². The Kier molecular flexibility index (Phi) is 6.78. The summed E-state index contributed by atoms with van der Waals surface area (Å²) < 4.78 is 0. The van der Waals surface area contributed by atoms with Crippen LogP contribution in [-0.2, 0) is 0 Å². The maximum atomic E-state index is 3.17. The van der Waals surface area contributed by atoms with Crippen LogP contribution in [0.4, 0.5) is 0 Å². The molecule has 1 heteroatoms. The van der Waals surface area contributed by atoms with E-state index < -0.39 is 0 Å². The summed E-state index contributed by atoms with van der Waals surface area (Å²) in [6, 6.07) is 0.475. The third-order valence-electron chi connectivity index (χ3n) is 1.83. The van der Waals surface area contributed by atoms with Gasteiger partial charge in [-0.1, -0.05) is 38.2 Å². The summed E-state index contributed by atoms with van der Waals surface area (Å²) in [6.45, 7) is 6.50. The topological polar surface area (TPSA) is 12.0 Å². The minimum absolute atomic E-state index is 0.475. The van der Waals surface area contributed by atoms with Crippen LogP contribution in [0.15, 0.2) is 24.3 Å². The van der Waals surface area contributed by atoms with E-state index in [1.807, 2.05) is 7.05 Å². The first kappa shape index (κ1) is 11.4. The summed E-state index contributed by atoms with van der Waals surface area (Å²) in [5, 5.41) is 3.17. The van der Waals surface area contributed by atoms with Crippen LogP contribution in [0.3, 0.4) is 0 Å². The Hall–Kier alpha value is -0.560. The SMILES string of the molecule is CCC=CC(C)/C=C\C(C)NC. The van der Waals surface area contributed by atoms with E-state index >= 15 is 0 Å². The van der Waals surface area contributed by atoms with Crippen molar-refractivity contribution in [2.75, 3.05) is 7.05 Å². The maximum absolute atomic E-state index is 3.17. The van der Waals surface area contributed by atoms with Crippen molar-refractivity contribution in [3.05, 3.63) is 24.3 Å². The third-order valence-corrected chi connectivity index (χ3v) is 1.83. The Bertz CT molecular complexity index is 147. The van der Waals surface area contributed by atoms with Crippen molar-refractivity contribution in [3.63, 3.8) is 0 Å². The van der Waals surface area contributed by atoms with Crippen LogP contribution >= 0.6 is 0 Å². The number of rotatable bonds is 5. The van der Waals surface area contributed by atoms with Gasteiger partial charge in [-0.15, -0.1) is 0 Å². The number of nitrogens with one attached hydrogen (secondary N) is 1. The van der Waals surface area contributed by atoms with Gasteiger partial charge in [0.25, 0.3) is 0 Å². The number of hydrogen-bond donors (Lipinski definition) is 1. The smallest absolute Gasteiger partial charge is 0.0218 e. The average Bonchev–Trinajstić information content (AvgIpc) is 2.10. The van der Waals surface area contributed by atoms with Crippen molar-refractivity contribution >= 4 is 0 Å². The Morgan fingerprint density at radius 3 is 2.33 bits per heavy atom. The van der Waals surface area contributed by atoms with Crippen molar-refractivity contribution in [1.82, 2.24) is 5.32 Å². The monoisotopic (exact) mass is 167 g/mol. The van der Waals surface area contributed by atoms with E-state index in [4.69, 9.17) is 0 Å². The molecule has 0 saturated heterocycles. The van der Waals surface area contributed by atoms with Crippen molar-refractivity contribution in [2.45, 2.75) is 33.2 Å². The second-order valence-electron chi connectivity index (χ2n) is 3.16. The molecule has 2 atom stereocenters. The van der Waals surface area contributed by atoms with Gasteiger partial charge in [0, 0.05) is 6.04 Å². The Labute approximate surface area is 76.6 Å². The molecule has 0 spiro atoms. The van der Waals surface area contributed by atoms with Gasteiger partial charge in [-0.2, -0.15) is 0 Å². The number of allylic oxidation sites excluding steroid dienone is 3. The van der Waals surface area contributed by atoms with Gasteiger partial charge in [-0.3, -0.25) is 0 Å². The van der Waals surface area contributed by atoms with E-state index in [-0.39, 0.29) is 0 Å². The van der Waals surface area contributed by atoms with Crippen LogP contribution in [0.2, 0.25) is 0 Å². The van der Waals surface area contributed by atoms with Crippen molar-refractivity contribution in [2.24, 2.45) is 5.92 Å². The lowest BCUT2D eigenvalue weighted by molar-refractivity contribution is 0.722. The average molecular weight is 167 g/mol. The van der Waals surface area contributed by atoms with E-state index in [0.717, 1.165) is 6.42 Å². The van der Waals surface area contributed by atoms with Crippen LogP contribution in [0.1, 0.15) is 27.2 Å². The molecule has 0 saturated carbocycles. The highest BCUT2D eigenvalue weighted by Crippen LogP contribution is 2.01. The van der Waals surface area contributed by atoms with E-state index in [2.05, 4.69) is 50.4 Å². The molecule has 2 unspecified atom stereocenters. The molecule has 0 aliphatic rings. The molecule has 70 valence electrons. The minimum atomic E-state index is 0.475. The molecule has 1 nitrogen and oxygen atoms in total. The molecule has 0 aromatic rings. The normalized spacial score (nSPS) is 17.3. The van der Waals surface area contributed by atoms with Crippen LogP contribution in [0.5, 0.6) is 0 Å². The lowest BCUT2D eigenvalue weighted by atomic mass is 10.1. The molecule has 0 fully saturated rings. The van der Waals surface area contributed by atoms with Gasteiger partial charge in [0.15, 0.2) is 0 Å². The summed E-state index contributed by atoms with van der Waals surface area (Å²) in [7, 11) is 1.97. The molecule has 0 aliphatic carbocycles. The molecule has 0 aliphatic heterocycles. The standard InChI is InChI=1S/C11H21N/c1-5-6-7-10(2)8-9-11(3)12-4/h6-12H,5H2,1-4H3/b7-6?,9-8-. The quantitative estimate of drug-likeness (QED) is 0.621. The zero-order valence-corrected chi connectivity index (χ0v) is 8.67. The summed E-state index contributed by atoms with van der Waals surface area (Å²) in [5.41, 5.74) is 0. The molecular weight excluding hydrogens is 146 g/mol. The molecule has 0 radical (unpaired) electrons. The van der Waals surface area contributed by atoms with Crippen LogP contribution in [-0.4, -0.2) is 13.1 Å². The fourth-order valence-corrected chi connectivity index (χ4v) is 0.853. The maximum Gasteiger partial charge on any atom is 0.0218 e. The second kappa shape index (κ2) is 7.11. The van der Waals surface area contributed by atoms with Crippen LogP contribution in [0.25, 0.3) is 0 Å². The summed E-state index contributed by atoms with van der Waals surface area (Å²) >= 11 is 0. The van der Waals surface area contributed by atoms with Crippen molar-refractivity contribution in [1.29, 1.82) is 0 Å². The predicted octanol–water partition coefficient (Wildman–Crippen LogP) is 2.75. The molecule has 1 N–H and O–H groups in total. The Morgan fingerprint density at radius 1 is 1.17 bits per heavy atom. The fourth-order valence-electron chi connectivity index (χ4n) is 0.853. The van der Waals surface area contributed by atoms with Gasteiger partial charge >= 0.3 is 0 Å². The lowest BCUT2D eigenvalue weighted by Gasteiger charge is -2.03. The summed E-state index contributed by atoms with van der Waals surface area (Å²) in [5.74, 6) is 0.556. The first-order valence-electron chi connectivity index (χ1n) is 4.73. The Balaban J connectivity index is 3.74. The van der Waals surface area contributed by atoms with Crippen LogP contribution < -0.4 is 5.32 Å². The molecule has 0 amide bonds. The first-order chi connectivity index (χ1) is 5.70. The van der Waals surface area contributed by atoms with Gasteiger partial charge in [0.2, 0.25) is 0 Å². The summed E-state index contributed by atoms with van der Waals surface area (Å²) in [4.78, 5) is 0. The minimum Gasteiger partial charge on any atom is -0.314 e. The van der Waals surface area contributed by atoms with Gasteiger partial charge < -0.3 is 5.32 Å². The van der Waals surface area contributed by atoms with Gasteiger partial charge in [0.1, 0.15) is 0 Å². The first-order valence-corrected chi connectivity index (χ1v) is 4.73. The number of hydrogen-bond acceptors (Lipinski definition) is 1. The van der Waals surface area contributed by atoms with Gasteiger partial charge in [-0.25, -0.2) is 0 Å². The van der Waals surface area contributed by atoms with E-state index in [0.29, 0.717) is 12.0 Å². The second-order valence-corrected chi connectivity index (χ2v) is 3.16. The molecule has 0 rings (SSSR count). The van der Waals surface area contributed by atoms with E-state index in [9.17, 15) is 0 Å². The highest BCUT2D eigenvalue weighted by atomic mass is 14.8. The highest BCUT2D eigenvalue weighted by Gasteiger charge is 1.91. The van der Waals surface area contributed by atoms with E-state index in [1.54, 1.807) is 0 Å². The van der Waals surface area contributed by atoms with Crippen LogP contribution in [0, 0.1) is 5.92 Å². The van der Waals surface area contributed by atoms with Crippen molar-refractivity contribution in [3.8, 4) is 0 Å². The predicted molar refractivity (Wildman–Crippen MR) is 56.3 cm³/mol.